The maximum absolute atomic E-state index is 3.73. The molecule has 102 valence electrons. The molecule has 0 fully saturated rings. The van der Waals surface area contributed by atoms with Crippen molar-refractivity contribution in [2.75, 3.05) is 0 Å². The normalized spacial score (nSPS) is 15.4. The van der Waals surface area contributed by atoms with E-state index in [4.69, 9.17) is 0 Å². The minimum Gasteiger partial charge on any atom is -0.307 e. The molecule has 0 radical (unpaired) electrons. The van der Waals surface area contributed by atoms with Crippen molar-refractivity contribution in [3.05, 3.63) is 48.0 Å². The van der Waals surface area contributed by atoms with Crippen molar-refractivity contribution >= 4 is 10.8 Å². The van der Waals surface area contributed by atoms with Crippen LogP contribution in [0.5, 0.6) is 0 Å². The molecule has 0 aromatic heterocycles. The summed E-state index contributed by atoms with van der Waals surface area (Å²) in [5.74, 6) is 0. The van der Waals surface area contributed by atoms with Crippen LogP contribution in [0.2, 0.25) is 0 Å². The highest BCUT2D eigenvalue weighted by Crippen LogP contribution is 2.27. The monoisotopic (exact) mass is 255 g/mol. The summed E-state index contributed by atoms with van der Waals surface area (Å²) in [7, 11) is 0. The molecule has 0 spiro atoms. The van der Waals surface area contributed by atoms with E-state index in [1.54, 1.807) is 0 Å². The number of hydrogen-bond donors (Lipinski definition) is 1. The Morgan fingerprint density at radius 3 is 2.21 bits per heavy atom. The largest absolute Gasteiger partial charge is 0.307 e. The molecule has 0 aliphatic carbocycles. The summed E-state index contributed by atoms with van der Waals surface area (Å²) in [6, 6.07) is 16.0. The lowest BCUT2D eigenvalue weighted by Crippen LogP contribution is -2.39. The summed E-state index contributed by atoms with van der Waals surface area (Å²) in [6.45, 7) is 11.4. The van der Waals surface area contributed by atoms with Crippen LogP contribution >= 0.6 is 0 Å². The summed E-state index contributed by atoms with van der Waals surface area (Å²) < 4.78 is 0. The number of hydrogen-bond acceptors (Lipinski definition) is 1. The zero-order chi connectivity index (χ0) is 14.0. The van der Waals surface area contributed by atoms with Crippen molar-refractivity contribution in [3.63, 3.8) is 0 Å². The third-order valence-electron chi connectivity index (χ3n) is 4.09. The first-order chi connectivity index (χ1) is 8.89. The van der Waals surface area contributed by atoms with Gasteiger partial charge in [0, 0.05) is 12.1 Å². The summed E-state index contributed by atoms with van der Waals surface area (Å²) >= 11 is 0. The van der Waals surface area contributed by atoms with E-state index in [0.29, 0.717) is 12.1 Å². The smallest absolute Gasteiger partial charge is 0.0300 e. The Balaban J connectivity index is 2.29. The van der Waals surface area contributed by atoms with Gasteiger partial charge < -0.3 is 5.32 Å². The van der Waals surface area contributed by atoms with E-state index in [1.165, 1.54) is 16.3 Å². The van der Waals surface area contributed by atoms with Crippen LogP contribution in [-0.4, -0.2) is 6.04 Å². The second kappa shape index (κ2) is 5.34. The maximum Gasteiger partial charge on any atom is 0.0300 e. The van der Waals surface area contributed by atoms with Crippen molar-refractivity contribution in [1.82, 2.24) is 5.32 Å². The minimum absolute atomic E-state index is 0.277. The number of rotatable bonds is 3. The third-order valence-corrected chi connectivity index (χ3v) is 4.09. The lowest BCUT2D eigenvalue weighted by Gasteiger charge is -2.31. The predicted octanol–water partition coefficient (Wildman–Crippen LogP) is 4.93. The molecule has 0 saturated carbocycles. The molecule has 1 N–H and O–H groups in total. The van der Waals surface area contributed by atoms with Gasteiger partial charge in [-0.2, -0.15) is 0 Å². The molecule has 0 unspecified atom stereocenters. The molecule has 0 bridgehead atoms. The van der Waals surface area contributed by atoms with Gasteiger partial charge in [0.2, 0.25) is 0 Å². The van der Waals surface area contributed by atoms with Gasteiger partial charge in [-0.1, -0.05) is 63.2 Å². The average molecular weight is 255 g/mol. The highest BCUT2D eigenvalue weighted by Gasteiger charge is 2.22. The van der Waals surface area contributed by atoms with Crippen LogP contribution in [0.1, 0.15) is 46.2 Å². The van der Waals surface area contributed by atoms with Gasteiger partial charge in [0.05, 0.1) is 0 Å². The molecule has 2 atom stereocenters. The molecule has 0 saturated heterocycles. The standard InChI is InChI=1S/C18H25N/c1-13(19-14(2)18(3,4)5)16-12-8-10-15-9-6-7-11-17(15)16/h6-14,19H,1-5H3/t13-,14-/m1/s1. The van der Waals surface area contributed by atoms with E-state index >= 15 is 0 Å². The van der Waals surface area contributed by atoms with Crippen LogP contribution in [0, 0.1) is 5.41 Å². The molecule has 0 heterocycles. The summed E-state index contributed by atoms with van der Waals surface area (Å²) in [4.78, 5) is 0. The van der Waals surface area contributed by atoms with Gasteiger partial charge in [0.25, 0.3) is 0 Å². The van der Waals surface area contributed by atoms with Gasteiger partial charge in [0.1, 0.15) is 0 Å². The first kappa shape index (κ1) is 14.1. The Hall–Kier alpha value is -1.34. The molecule has 1 nitrogen and oxygen atoms in total. The lowest BCUT2D eigenvalue weighted by molar-refractivity contribution is 0.268. The van der Waals surface area contributed by atoms with E-state index in [2.05, 4.69) is 82.4 Å². The van der Waals surface area contributed by atoms with E-state index < -0.39 is 0 Å². The van der Waals surface area contributed by atoms with Crippen LogP contribution in [0.25, 0.3) is 10.8 Å². The minimum atomic E-state index is 0.277. The molecular formula is C18H25N. The Morgan fingerprint density at radius 1 is 0.895 bits per heavy atom. The zero-order valence-electron chi connectivity index (χ0n) is 12.7. The Labute approximate surface area is 117 Å². The van der Waals surface area contributed by atoms with Crippen molar-refractivity contribution < 1.29 is 0 Å². The van der Waals surface area contributed by atoms with Crippen LogP contribution in [0.3, 0.4) is 0 Å². The predicted molar refractivity (Wildman–Crippen MR) is 84.4 cm³/mol. The van der Waals surface area contributed by atoms with E-state index in [9.17, 15) is 0 Å². The van der Waals surface area contributed by atoms with Crippen LogP contribution < -0.4 is 5.32 Å². The fraction of sp³-hybridized carbons (Fsp3) is 0.444. The highest BCUT2D eigenvalue weighted by molar-refractivity contribution is 5.86. The van der Waals surface area contributed by atoms with Gasteiger partial charge in [0.15, 0.2) is 0 Å². The highest BCUT2D eigenvalue weighted by atomic mass is 15.0. The Kier molecular flexibility index (Phi) is 3.96. The summed E-state index contributed by atoms with van der Waals surface area (Å²) in [6.07, 6.45) is 0. The second-order valence-corrected chi connectivity index (χ2v) is 6.54. The topological polar surface area (TPSA) is 12.0 Å². The van der Waals surface area contributed by atoms with Gasteiger partial charge in [-0.3, -0.25) is 0 Å². The first-order valence-electron chi connectivity index (χ1n) is 7.13. The Morgan fingerprint density at radius 2 is 1.53 bits per heavy atom. The van der Waals surface area contributed by atoms with E-state index in [0.717, 1.165) is 0 Å². The van der Waals surface area contributed by atoms with Gasteiger partial charge in [-0.15, -0.1) is 0 Å². The fourth-order valence-electron chi connectivity index (χ4n) is 2.34. The average Bonchev–Trinajstić information content (AvgIpc) is 2.36. The fourth-order valence-corrected chi connectivity index (χ4v) is 2.34. The molecule has 0 aliphatic rings. The number of benzene rings is 2. The molecule has 0 aliphatic heterocycles. The summed E-state index contributed by atoms with van der Waals surface area (Å²) in [5, 5.41) is 6.40. The van der Waals surface area contributed by atoms with Crippen LogP contribution in [0.15, 0.2) is 42.5 Å². The second-order valence-electron chi connectivity index (χ2n) is 6.54. The maximum atomic E-state index is 3.73. The van der Waals surface area contributed by atoms with Crippen molar-refractivity contribution in [3.8, 4) is 0 Å². The number of nitrogens with one attached hydrogen (secondary N) is 1. The van der Waals surface area contributed by atoms with E-state index in [1.807, 2.05) is 0 Å². The zero-order valence-corrected chi connectivity index (χ0v) is 12.7. The summed E-state index contributed by atoms with van der Waals surface area (Å²) in [5.41, 5.74) is 1.66. The molecule has 0 amide bonds. The lowest BCUT2D eigenvalue weighted by atomic mass is 9.87. The SMILES string of the molecule is C[C@@H](N[C@H](C)C(C)(C)C)c1cccc2ccccc12. The van der Waals surface area contributed by atoms with Crippen molar-refractivity contribution in [2.45, 2.75) is 46.7 Å². The van der Waals surface area contributed by atoms with Crippen molar-refractivity contribution in [1.29, 1.82) is 0 Å². The van der Waals surface area contributed by atoms with Crippen LogP contribution in [0.4, 0.5) is 0 Å². The van der Waals surface area contributed by atoms with Gasteiger partial charge >= 0.3 is 0 Å². The molecular weight excluding hydrogens is 230 g/mol. The molecule has 1 heteroatoms. The molecule has 2 rings (SSSR count). The number of fused-ring (bicyclic) bond motifs is 1. The van der Waals surface area contributed by atoms with Crippen molar-refractivity contribution in [2.24, 2.45) is 5.41 Å². The quantitative estimate of drug-likeness (QED) is 0.820. The van der Waals surface area contributed by atoms with Gasteiger partial charge in [-0.05, 0) is 35.6 Å². The molecule has 2 aromatic rings. The van der Waals surface area contributed by atoms with E-state index in [-0.39, 0.29) is 5.41 Å². The molecule has 19 heavy (non-hydrogen) atoms. The first-order valence-corrected chi connectivity index (χ1v) is 7.13. The third kappa shape index (κ3) is 3.16. The van der Waals surface area contributed by atoms with Crippen LogP contribution in [-0.2, 0) is 0 Å². The molecule has 2 aromatic carbocycles. The van der Waals surface area contributed by atoms with Gasteiger partial charge in [-0.25, -0.2) is 0 Å². The Bertz CT molecular complexity index is 546.